The van der Waals surface area contributed by atoms with Crippen LogP contribution in [-0.4, -0.2) is 17.5 Å². The summed E-state index contributed by atoms with van der Waals surface area (Å²) >= 11 is 1.60. The molecule has 0 unspecified atom stereocenters. The molecule has 0 saturated carbocycles. The fourth-order valence-electron chi connectivity index (χ4n) is 1.01. The van der Waals surface area contributed by atoms with Gasteiger partial charge in [0.25, 0.3) is 0 Å². The number of nitrogens with one attached hydrogen (secondary N) is 1. The Morgan fingerprint density at radius 3 is 2.69 bits per heavy atom. The average Bonchev–Trinajstić information content (AvgIpc) is 2.73. The molecule has 0 aromatic carbocycles. The highest BCUT2D eigenvalue weighted by Gasteiger charge is 2.07. The number of hydrazone groups is 1. The predicted octanol–water partition coefficient (Wildman–Crippen LogP) is 0.636. The van der Waals surface area contributed by atoms with Gasteiger partial charge >= 0.3 is 11.8 Å². The SMILES string of the molecule is CCc1ccc(/C(C)=N/NC(=O)C(N)=O)s1. The maximum absolute atomic E-state index is 10.9. The first-order valence-corrected chi connectivity index (χ1v) is 5.59. The van der Waals surface area contributed by atoms with E-state index in [0.29, 0.717) is 5.71 Å². The minimum Gasteiger partial charge on any atom is -0.361 e. The summed E-state index contributed by atoms with van der Waals surface area (Å²) < 4.78 is 0. The van der Waals surface area contributed by atoms with Crippen LogP contribution < -0.4 is 11.2 Å². The molecular weight excluding hydrogens is 226 g/mol. The lowest BCUT2D eigenvalue weighted by Gasteiger charge is -1.97. The zero-order chi connectivity index (χ0) is 12.1. The van der Waals surface area contributed by atoms with Crippen LogP contribution in [0.5, 0.6) is 0 Å². The summed E-state index contributed by atoms with van der Waals surface area (Å²) in [5.74, 6) is -1.96. The molecule has 0 spiro atoms. The molecule has 16 heavy (non-hydrogen) atoms. The van der Waals surface area contributed by atoms with Crippen LogP contribution in [0.4, 0.5) is 0 Å². The predicted molar refractivity (Wildman–Crippen MR) is 63.2 cm³/mol. The van der Waals surface area contributed by atoms with Gasteiger partial charge in [-0.1, -0.05) is 6.92 Å². The number of hydrogen-bond acceptors (Lipinski definition) is 4. The molecule has 5 nitrogen and oxygen atoms in total. The van der Waals surface area contributed by atoms with Crippen LogP contribution in [0, 0.1) is 0 Å². The second-order valence-electron chi connectivity index (χ2n) is 3.12. The molecule has 0 saturated heterocycles. The summed E-state index contributed by atoms with van der Waals surface area (Å²) in [4.78, 5) is 23.5. The number of carbonyl (C=O) groups excluding carboxylic acids is 2. The van der Waals surface area contributed by atoms with Crippen LogP contribution in [0.15, 0.2) is 17.2 Å². The Morgan fingerprint density at radius 2 is 2.19 bits per heavy atom. The molecule has 0 radical (unpaired) electrons. The average molecular weight is 239 g/mol. The Morgan fingerprint density at radius 1 is 1.50 bits per heavy atom. The third-order valence-electron chi connectivity index (χ3n) is 1.92. The van der Waals surface area contributed by atoms with E-state index in [1.54, 1.807) is 18.3 Å². The Bertz CT molecular complexity index is 437. The van der Waals surface area contributed by atoms with Crippen molar-refractivity contribution in [3.8, 4) is 0 Å². The number of nitrogens with two attached hydrogens (primary N) is 1. The summed E-state index contributed by atoms with van der Waals surface area (Å²) in [5, 5.41) is 3.79. The summed E-state index contributed by atoms with van der Waals surface area (Å²) in [6.07, 6.45) is 0.964. The maximum Gasteiger partial charge on any atom is 0.329 e. The van der Waals surface area contributed by atoms with E-state index in [0.717, 1.165) is 11.3 Å². The number of amides is 2. The van der Waals surface area contributed by atoms with Gasteiger partial charge in [0, 0.05) is 4.88 Å². The summed E-state index contributed by atoms with van der Waals surface area (Å²) in [7, 11) is 0. The second-order valence-corrected chi connectivity index (χ2v) is 4.29. The van der Waals surface area contributed by atoms with Crippen LogP contribution in [0.1, 0.15) is 23.6 Å². The van der Waals surface area contributed by atoms with Gasteiger partial charge in [-0.25, -0.2) is 5.43 Å². The van der Waals surface area contributed by atoms with Crippen LogP contribution >= 0.6 is 11.3 Å². The molecule has 3 N–H and O–H groups in total. The van der Waals surface area contributed by atoms with Gasteiger partial charge in [0.05, 0.1) is 10.6 Å². The maximum atomic E-state index is 10.9. The van der Waals surface area contributed by atoms with E-state index in [1.807, 2.05) is 12.1 Å². The fourth-order valence-corrected chi connectivity index (χ4v) is 1.90. The zero-order valence-corrected chi connectivity index (χ0v) is 9.93. The number of hydrogen-bond donors (Lipinski definition) is 2. The number of aryl methyl sites for hydroxylation is 1. The van der Waals surface area contributed by atoms with Crippen molar-refractivity contribution in [2.24, 2.45) is 10.8 Å². The summed E-state index contributed by atoms with van der Waals surface area (Å²) in [5.41, 5.74) is 7.51. The van der Waals surface area contributed by atoms with E-state index >= 15 is 0 Å². The van der Waals surface area contributed by atoms with Crippen molar-refractivity contribution in [2.45, 2.75) is 20.3 Å². The smallest absolute Gasteiger partial charge is 0.329 e. The first kappa shape index (κ1) is 12.4. The quantitative estimate of drug-likeness (QED) is 0.461. The standard InChI is InChI=1S/C10H13N3O2S/c1-3-7-4-5-8(16-7)6(2)12-13-10(15)9(11)14/h4-5H,3H2,1-2H3,(H2,11,14)(H,13,15)/b12-6+. The molecule has 0 aliphatic rings. The lowest BCUT2D eigenvalue weighted by Crippen LogP contribution is -2.33. The first-order chi connectivity index (χ1) is 7.54. The van der Waals surface area contributed by atoms with Crippen molar-refractivity contribution in [1.29, 1.82) is 0 Å². The van der Waals surface area contributed by atoms with Crippen LogP contribution in [0.3, 0.4) is 0 Å². The molecule has 0 fully saturated rings. The van der Waals surface area contributed by atoms with Crippen molar-refractivity contribution >= 4 is 28.9 Å². The Hall–Kier alpha value is -1.69. The molecule has 0 atom stereocenters. The van der Waals surface area contributed by atoms with Crippen molar-refractivity contribution < 1.29 is 9.59 Å². The molecule has 1 heterocycles. The van der Waals surface area contributed by atoms with Crippen molar-refractivity contribution in [2.75, 3.05) is 0 Å². The Labute approximate surface area is 97.3 Å². The molecule has 1 rings (SSSR count). The van der Waals surface area contributed by atoms with E-state index in [9.17, 15) is 9.59 Å². The first-order valence-electron chi connectivity index (χ1n) is 4.77. The van der Waals surface area contributed by atoms with Gasteiger partial charge in [-0.2, -0.15) is 5.10 Å². The normalized spacial score (nSPS) is 11.2. The highest BCUT2D eigenvalue weighted by atomic mass is 32.1. The van der Waals surface area contributed by atoms with E-state index < -0.39 is 11.8 Å². The van der Waals surface area contributed by atoms with Gasteiger partial charge in [0.2, 0.25) is 0 Å². The van der Waals surface area contributed by atoms with Gasteiger partial charge in [0.15, 0.2) is 0 Å². The highest BCUT2D eigenvalue weighted by molar-refractivity contribution is 7.14. The van der Waals surface area contributed by atoms with Crippen molar-refractivity contribution in [3.63, 3.8) is 0 Å². The second kappa shape index (κ2) is 5.41. The summed E-state index contributed by atoms with van der Waals surface area (Å²) in [6, 6.07) is 3.94. The van der Waals surface area contributed by atoms with E-state index in [4.69, 9.17) is 5.73 Å². The molecule has 6 heteroatoms. The number of thiophene rings is 1. The number of rotatable bonds is 3. The topological polar surface area (TPSA) is 84.6 Å². The number of carbonyl (C=O) groups is 2. The van der Waals surface area contributed by atoms with E-state index in [1.165, 1.54) is 4.88 Å². The number of primary amides is 1. The van der Waals surface area contributed by atoms with Crippen LogP contribution in [0.25, 0.3) is 0 Å². The molecule has 0 aliphatic carbocycles. The van der Waals surface area contributed by atoms with Gasteiger partial charge in [-0.3, -0.25) is 9.59 Å². The Kier molecular flexibility index (Phi) is 4.19. The van der Waals surface area contributed by atoms with Crippen LogP contribution in [-0.2, 0) is 16.0 Å². The highest BCUT2D eigenvalue weighted by Crippen LogP contribution is 2.17. The molecular formula is C10H13N3O2S. The van der Waals surface area contributed by atoms with Gasteiger partial charge in [-0.15, -0.1) is 11.3 Å². The van der Waals surface area contributed by atoms with Gasteiger partial charge in [-0.05, 0) is 25.5 Å². The molecule has 0 aliphatic heterocycles. The molecule has 0 bridgehead atoms. The number of nitrogens with zero attached hydrogens (tertiary/aromatic N) is 1. The third-order valence-corrected chi connectivity index (χ3v) is 3.25. The van der Waals surface area contributed by atoms with Crippen LogP contribution in [0.2, 0.25) is 0 Å². The van der Waals surface area contributed by atoms with E-state index in [-0.39, 0.29) is 0 Å². The third kappa shape index (κ3) is 3.16. The lowest BCUT2D eigenvalue weighted by molar-refractivity contribution is -0.137. The minimum atomic E-state index is -1.04. The minimum absolute atomic E-state index is 0.652. The lowest BCUT2D eigenvalue weighted by atomic mass is 10.3. The molecule has 2 amide bonds. The van der Waals surface area contributed by atoms with Gasteiger partial charge < -0.3 is 5.73 Å². The fraction of sp³-hybridized carbons (Fsp3) is 0.300. The van der Waals surface area contributed by atoms with Crippen molar-refractivity contribution in [3.05, 3.63) is 21.9 Å². The Balaban J connectivity index is 2.70. The zero-order valence-electron chi connectivity index (χ0n) is 9.11. The van der Waals surface area contributed by atoms with E-state index in [2.05, 4.69) is 17.5 Å². The largest absolute Gasteiger partial charge is 0.361 e. The molecule has 86 valence electrons. The summed E-state index contributed by atoms with van der Waals surface area (Å²) in [6.45, 7) is 3.82. The van der Waals surface area contributed by atoms with Gasteiger partial charge in [0.1, 0.15) is 0 Å². The molecule has 1 aromatic heterocycles. The molecule has 1 aromatic rings. The van der Waals surface area contributed by atoms with Crippen molar-refractivity contribution in [1.82, 2.24) is 5.43 Å². The monoisotopic (exact) mass is 239 g/mol.